The zero-order valence-electron chi connectivity index (χ0n) is 20.6. The van der Waals surface area contributed by atoms with Gasteiger partial charge in [-0.1, -0.05) is 67.8 Å². The van der Waals surface area contributed by atoms with Crippen LogP contribution in [0, 0.1) is 5.92 Å². The number of rotatable bonds is 12. The molecule has 1 heterocycles. The van der Waals surface area contributed by atoms with Crippen LogP contribution >= 0.6 is 0 Å². The number of hydrogen-bond donors (Lipinski definition) is 4. The molecule has 1 saturated carbocycles. The molecule has 4 N–H and O–H groups in total. The number of hydrogen-bond acceptors (Lipinski definition) is 6. The average Bonchev–Trinajstić information content (AvgIpc) is 2.88. The van der Waals surface area contributed by atoms with E-state index < -0.39 is 30.8 Å². The topological polar surface area (TPSA) is 121 Å². The Balaban J connectivity index is 1.47. The highest BCUT2D eigenvalue weighted by molar-refractivity contribution is 6.43. The molecule has 0 bridgehead atoms. The first-order valence-electron chi connectivity index (χ1n) is 12.7. The zero-order chi connectivity index (χ0) is 26.0. The molecule has 0 aliphatic heterocycles. The molecule has 1 aliphatic carbocycles. The predicted molar refractivity (Wildman–Crippen MR) is 141 cm³/mol. The molecular formula is C28H32BN3O5. The Kier molecular flexibility index (Phi) is 9.29. The Morgan fingerprint density at radius 1 is 1.00 bits per heavy atom. The lowest BCUT2D eigenvalue weighted by Crippen LogP contribution is -2.49. The standard InChI is InChI=1S/C28H32BN3O5/c33-26(24-15-8-16-30-28(24)37-23-13-5-2-6-14-23)32-25(18-21-9-3-1-4-10-21)27(34)31-19-22(29(35)36)17-20-11-7-12-20/h1-6,8-10,13-16,20,22,25,35-36H,7,11-12,17-19H2,(H,31,34)(H,32,33)/t22?,25-/m0/s1. The van der Waals surface area contributed by atoms with Crippen molar-refractivity contribution >= 4 is 18.9 Å². The summed E-state index contributed by atoms with van der Waals surface area (Å²) in [5, 5.41) is 25.3. The molecule has 2 atom stereocenters. The molecule has 1 aromatic heterocycles. The summed E-state index contributed by atoms with van der Waals surface area (Å²) in [6.45, 7) is 0.115. The maximum Gasteiger partial charge on any atom is 0.456 e. The summed E-state index contributed by atoms with van der Waals surface area (Å²) in [4.78, 5) is 30.8. The molecule has 0 saturated heterocycles. The Morgan fingerprint density at radius 3 is 2.35 bits per heavy atom. The van der Waals surface area contributed by atoms with E-state index in [9.17, 15) is 19.6 Å². The van der Waals surface area contributed by atoms with Crippen molar-refractivity contribution in [3.8, 4) is 11.6 Å². The van der Waals surface area contributed by atoms with Crippen LogP contribution in [0.2, 0.25) is 5.82 Å². The highest BCUT2D eigenvalue weighted by Gasteiger charge is 2.31. The van der Waals surface area contributed by atoms with Crippen LogP contribution in [0.25, 0.3) is 0 Å². The number of carbonyl (C=O) groups excluding carboxylic acids is 2. The molecule has 1 unspecified atom stereocenters. The molecule has 3 aromatic rings. The van der Waals surface area contributed by atoms with Crippen LogP contribution in [0.3, 0.4) is 0 Å². The first-order chi connectivity index (χ1) is 18.0. The van der Waals surface area contributed by atoms with Crippen molar-refractivity contribution in [1.82, 2.24) is 15.6 Å². The van der Waals surface area contributed by atoms with Gasteiger partial charge in [-0.05, 0) is 42.2 Å². The van der Waals surface area contributed by atoms with Gasteiger partial charge in [0.2, 0.25) is 11.8 Å². The van der Waals surface area contributed by atoms with Gasteiger partial charge >= 0.3 is 7.12 Å². The van der Waals surface area contributed by atoms with E-state index in [4.69, 9.17) is 4.74 Å². The second kappa shape index (κ2) is 13.0. The lowest BCUT2D eigenvalue weighted by Gasteiger charge is -2.29. The van der Waals surface area contributed by atoms with Gasteiger partial charge in [-0.25, -0.2) is 4.98 Å². The van der Waals surface area contributed by atoms with E-state index in [0.29, 0.717) is 18.1 Å². The number of pyridine rings is 1. The van der Waals surface area contributed by atoms with Gasteiger partial charge in [0.05, 0.1) is 0 Å². The molecule has 192 valence electrons. The Morgan fingerprint density at radius 2 is 1.70 bits per heavy atom. The Hall–Kier alpha value is -3.69. The summed E-state index contributed by atoms with van der Waals surface area (Å²) in [6.07, 6.45) is 5.74. The number of amides is 2. The zero-order valence-corrected chi connectivity index (χ0v) is 20.6. The Bertz CT molecular complexity index is 1160. The van der Waals surface area contributed by atoms with Crippen molar-refractivity contribution in [3.63, 3.8) is 0 Å². The number of aromatic nitrogens is 1. The largest absolute Gasteiger partial charge is 0.456 e. The minimum absolute atomic E-state index is 0.115. The third-order valence-corrected chi connectivity index (χ3v) is 6.70. The van der Waals surface area contributed by atoms with E-state index in [-0.39, 0.29) is 24.4 Å². The SMILES string of the molecule is O=C(N[C@@H](Cc1ccccc1)C(=O)NCC(CC1CCC1)B(O)O)c1cccnc1Oc1ccccc1. The summed E-state index contributed by atoms with van der Waals surface area (Å²) in [7, 11) is -1.52. The third kappa shape index (κ3) is 7.65. The van der Waals surface area contributed by atoms with Crippen LogP contribution < -0.4 is 15.4 Å². The number of nitrogens with one attached hydrogen (secondary N) is 2. The second-order valence-electron chi connectivity index (χ2n) is 9.44. The number of ether oxygens (including phenoxy) is 1. The Labute approximate surface area is 217 Å². The minimum atomic E-state index is -1.52. The van der Waals surface area contributed by atoms with Gasteiger partial charge < -0.3 is 25.4 Å². The summed E-state index contributed by atoms with van der Waals surface area (Å²) >= 11 is 0. The van der Waals surface area contributed by atoms with Gasteiger partial charge in [0.25, 0.3) is 5.91 Å². The number of para-hydroxylation sites is 1. The molecule has 0 spiro atoms. The fraction of sp³-hybridized carbons (Fsp3) is 0.321. The highest BCUT2D eigenvalue weighted by atomic mass is 16.5. The van der Waals surface area contributed by atoms with Crippen molar-refractivity contribution in [2.24, 2.45) is 5.92 Å². The van der Waals surface area contributed by atoms with Crippen molar-refractivity contribution in [1.29, 1.82) is 0 Å². The molecule has 8 nitrogen and oxygen atoms in total. The molecule has 37 heavy (non-hydrogen) atoms. The smallest absolute Gasteiger partial charge is 0.438 e. The molecule has 2 aromatic carbocycles. The minimum Gasteiger partial charge on any atom is -0.438 e. The van der Waals surface area contributed by atoms with Gasteiger partial charge in [-0.2, -0.15) is 0 Å². The van der Waals surface area contributed by atoms with E-state index in [2.05, 4.69) is 15.6 Å². The summed E-state index contributed by atoms with van der Waals surface area (Å²) in [5.74, 6) is -0.235. The maximum atomic E-state index is 13.3. The predicted octanol–water partition coefficient (Wildman–Crippen LogP) is 3.36. The van der Waals surface area contributed by atoms with Crippen LogP contribution in [-0.4, -0.2) is 46.6 Å². The van der Waals surface area contributed by atoms with Gasteiger partial charge in [-0.15, -0.1) is 0 Å². The van der Waals surface area contributed by atoms with E-state index >= 15 is 0 Å². The van der Waals surface area contributed by atoms with Crippen molar-refractivity contribution in [2.45, 2.75) is 44.0 Å². The summed E-state index contributed by atoms with van der Waals surface area (Å²) in [5.41, 5.74) is 1.08. The van der Waals surface area contributed by atoms with Crippen LogP contribution in [0.1, 0.15) is 41.6 Å². The fourth-order valence-corrected chi connectivity index (χ4v) is 4.36. The van der Waals surface area contributed by atoms with Crippen LogP contribution in [0.5, 0.6) is 11.6 Å². The van der Waals surface area contributed by atoms with Gasteiger partial charge in [0, 0.05) is 25.0 Å². The molecule has 2 amide bonds. The first kappa shape index (κ1) is 26.4. The van der Waals surface area contributed by atoms with Crippen LogP contribution in [0.15, 0.2) is 79.0 Å². The average molecular weight is 501 g/mol. The molecule has 1 aliphatic rings. The molecule has 4 rings (SSSR count). The molecule has 0 radical (unpaired) electrons. The summed E-state index contributed by atoms with van der Waals surface area (Å²) < 4.78 is 5.82. The first-order valence-corrected chi connectivity index (χ1v) is 12.7. The molecule has 1 fully saturated rings. The van der Waals surface area contributed by atoms with Gasteiger partial charge in [0.1, 0.15) is 17.4 Å². The van der Waals surface area contributed by atoms with E-state index in [1.54, 1.807) is 24.3 Å². The normalized spacial score (nSPS) is 14.6. The van der Waals surface area contributed by atoms with E-state index in [1.165, 1.54) is 6.20 Å². The monoisotopic (exact) mass is 501 g/mol. The quantitative estimate of drug-likeness (QED) is 0.283. The third-order valence-electron chi connectivity index (χ3n) is 6.70. The highest BCUT2D eigenvalue weighted by Crippen LogP contribution is 2.34. The number of carbonyl (C=O) groups is 2. The van der Waals surface area contributed by atoms with Gasteiger partial charge in [0.15, 0.2) is 0 Å². The van der Waals surface area contributed by atoms with E-state index in [1.807, 2.05) is 48.5 Å². The van der Waals surface area contributed by atoms with Crippen LogP contribution in [0.4, 0.5) is 0 Å². The molecular weight excluding hydrogens is 469 g/mol. The van der Waals surface area contributed by atoms with Crippen molar-refractivity contribution in [3.05, 3.63) is 90.1 Å². The van der Waals surface area contributed by atoms with Crippen molar-refractivity contribution < 1.29 is 24.4 Å². The maximum absolute atomic E-state index is 13.3. The number of benzene rings is 2. The van der Waals surface area contributed by atoms with Crippen molar-refractivity contribution in [2.75, 3.05) is 6.54 Å². The fourth-order valence-electron chi connectivity index (χ4n) is 4.36. The summed E-state index contributed by atoms with van der Waals surface area (Å²) in [6, 6.07) is 20.8. The van der Waals surface area contributed by atoms with E-state index in [0.717, 1.165) is 24.8 Å². The second-order valence-corrected chi connectivity index (χ2v) is 9.44. The number of nitrogens with zero attached hydrogens (tertiary/aromatic N) is 1. The lowest BCUT2D eigenvalue weighted by molar-refractivity contribution is -0.123. The molecule has 9 heteroatoms. The van der Waals surface area contributed by atoms with Gasteiger partial charge in [-0.3, -0.25) is 9.59 Å². The van der Waals surface area contributed by atoms with Crippen LogP contribution in [-0.2, 0) is 11.2 Å². The lowest BCUT2D eigenvalue weighted by atomic mass is 9.65.